The number of carbonyl (C=O) groups excluding carboxylic acids is 2. The average molecular weight is 407 g/mol. The summed E-state index contributed by atoms with van der Waals surface area (Å²) < 4.78 is 0. The van der Waals surface area contributed by atoms with Gasteiger partial charge < -0.3 is 16.0 Å². The largest absolute Gasteiger partial charge is 0.398 e. The molecule has 1 aromatic rings. The Morgan fingerprint density at radius 1 is 1.21 bits per heavy atom. The summed E-state index contributed by atoms with van der Waals surface area (Å²) >= 11 is 6.06. The van der Waals surface area contributed by atoms with Gasteiger partial charge in [0.25, 0.3) is 0 Å². The molecule has 0 spiro atoms. The Bertz CT molecular complexity index is 727. The standard InChI is InChI=1S/C21H31ClN4O2/c1-3-21(4-2)12-17(21)20(28)24-13-19(27)26-9-7-25(8-10-26)14-15-11-16(22)5-6-18(15)23/h5-6,11,17H,3-4,7-10,12-14,23H2,1-2H3,(H,24,28). The van der Waals surface area contributed by atoms with Crippen LogP contribution in [0.1, 0.15) is 38.7 Å². The minimum absolute atomic E-state index is 0.00508. The number of benzene rings is 1. The van der Waals surface area contributed by atoms with Crippen LogP contribution in [-0.2, 0) is 16.1 Å². The van der Waals surface area contributed by atoms with E-state index in [1.165, 1.54) is 0 Å². The third-order valence-corrected chi connectivity index (χ3v) is 6.79. The highest BCUT2D eigenvalue weighted by molar-refractivity contribution is 6.30. The Morgan fingerprint density at radius 2 is 1.89 bits per heavy atom. The van der Waals surface area contributed by atoms with Crippen LogP contribution >= 0.6 is 11.6 Å². The van der Waals surface area contributed by atoms with E-state index in [1.54, 1.807) is 6.07 Å². The quantitative estimate of drug-likeness (QED) is 0.682. The summed E-state index contributed by atoms with van der Waals surface area (Å²) in [5.74, 6) is 0.108. The molecule has 1 aromatic carbocycles. The number of piperazine rings is 1. The highest BCUT2D eigenvalue weighted by atomic mass is 35.5. The number of nitrogen functional groups attached to an aromatic ring is 1. The second-order valence-electron chi connectivity index (χ2n) is 8.04. The van der Waals surface area contributed by atoms with Crippen molar-refractivity contribution in [3.05, 3.63) is 28.8 Å². The summed E-state index contributed by atoms with van der Waals surface area (Å²) in [6.45, 7) is 7.98. The van der Waals surface area contributed by atoms with Crippen molar-refractivity contribution in [1.82, 2.24) is 15.1 Å². The summed E-state index contributed by atoms with van der Waals surface area (Å²) in [4.78, 5) is 28.9. The van der Waals surface area contributed by atoms with Gasteiger partial charge in [-0.1, -0.05) is 25.4 Å². The number of carbonyl (C=O) groups is 2. The van der Waals surface area contributed by atoms with Crippen molar-refractivity contribution >= 4 is 29.1 Å². The van der Waals surface area contributed by atoms with Crippen LogP contribution in [0.2, 0.25) is 5.02 Å². The van der Waals surface area contributed by atoms with Crippen molar-refractivity contribution in [2.45, 2.75) is 39.7 Å². The van der Waals surface area contributed by atoms with E-state index < -0.39 is 0 Å². The van der Waals surface area contributed by atoms with E-state index in [-0.39, 0.29) is 29.7 Å². The maximum atomic E-state index is 12.5. The second-order valence-corrected chi connectivity index (χ2v) is 8.48. The zero-order valence-corrected chi connectivity index (χ0v) is 17.6. The Morgan fingerprint density at radius 3 is 2.50 bits per heavy atom. The fourth-order valence-corrected chi connectivity index (χ4v) is 4.45. The summed E-state index contributed by atoms with van der Waals surface area (Å²) in [5.41, 5.74) is 7.95. The van der Waals surface area contributed by atoms with Crippen molar-refractivity contribution in [1.29, 1.82) is 0 Å². The highest BCUT2D eigenvalue weighted by Gasteiger charge is 2.55. The molecule has 2 aliphatic rings. The number of nitrogens with one attached hydrogen (secondary N) is 1. The van der Waals surface area contributed by atoms with Crippen molar-refractivity contribution in [2.24, 2.45) is 11.3 Å². The van der Waals surface area contributed by atoms with E-state index in [0.717, 1.165) is 50.1 Å². The SMILES string of the molecule is CCC1(CC)CC1C(=O)NCC(=O)N1CCN(Cc2cc(Cl)ccc2N)CC1. The topological polar surface area (TPSA) is 78.7 Å². The zero-order valence-electron chi connectivity index (χ0n) is 16.8. The predicted molar refractivity (Wildman–Crippen MR) is 112 cm³/mol. The van der Waals surface area contributed by atoms with Crippen molar-refractivity contribution in [3.8, 4) is 0 Å². The van der Waals surface area contributed by atoms with E-state index in [1.807, 2.05) is 17.0 Å². The van der Waals surface area contributed by atoms with Gasteiger partial charge in [0.15, 0.2) is 0 Å². The fraction of sp³-hybridized carbons (Fsp3) is 0.619. The maximum absolute atomic E-state index is 12.5. The first kappa shape index (κ1) is 20.9. The molecule has 0 bridgehead atoms. The van der Waals surface area contributed by atoms with Crippen molar-refractivity contribution in [3.63, 3.8) is 0 Å². The molecular weight excluding hydrogens is 376 g/mol. The molecule has 1 aliphatic carbocycles. The monoisotopic (exact) mass is 406 g/mol. The van der Waals surface area contributed by atoms with Crippen LogP contribution in [0.25, 0.3) is 0 Å². The molecule has 3 rings (SSSR count). The molecule has 28 heavy (non-hydrogen) atoms. The number of hydrogen-bond acceptors (Lipinski definition) is 4. The van der Waals surface area contributed by atoms with Gasteiger partial charge in [-0.25, -0.2) is 0 Å². The molecule has 1 heterocycles. The van der Waals surface area contributed by atoms with Gasteiger partial charge in [-0.3, -0.25) is 14.5 Å². The highest BCUT2D eigenvalue weighted by Crippen LogP contribution is 2.57. The smallest absolute Gasteiger partial charge is 0.242 e. The molecule has 1 atom stereocenters. The minimum atomic E-state index is -0.00508. The third-order valence-electron chi connectivity index (χ3n) is 6.55. The zero-order chi connectivity index (χ0) is 20.3. The second kappa shape index (κ2) is 8.70. The molecule has 1 unspecified atom stereocenters. The molecule has 6 nitrogen and oxygen atoms in total. The van der Waals surface area contributed by atoms with Crippen molar-refractivity contribution < 1.29 is 9.59 Å². The Balaban J connectivity index is 1.42. The van der Waals surface area contributed by atoms with Gasteiger partial charge in [0.05, 0.1) is 6.54 Å². The Kier molecular flexibility index (Phi) is 6.50. The van der Waals surface area contributed by atoms with Crippen LogP contribution in [0, 0.1) is 11.3 Å². The van der Waals surface area contributed by atoms with Crippen LogP contribution in [0.5, 0.6) is 0 Å². The number of anilines is 1. The number of nitrogens with zero attached hydrogens (tertiary/aromatic N) is 2. The summed E-state index contributed by atoms with van der Waals surface area (Å²) in [6.07, 6.45) is 2.99. The summed E-state index contributed by atoms with van der Waals surface area (Å²) in [7, 11) is 0. The molecule has 7 heteroatoms. The number of rotatable bonds is 7. The molecule has 1 aliphatic heterocycles. The van der Waals surface area contributed by atoms with Gasteiger partial charge in [-0.15, -0.1) is 0 Å². The Labute approximate surface area is 172 Å². The first-order valence-electron chi connectivity index (χ1n) is 10.2. The van der Waals surface area contributed by atoms with Gasteiger partial charge in [0.2, 0.25) is 11.8 Å². The number of hydrogen-bond donors (Lipinski definition) is 2. The lowest BCUT2D eigenvalue weighted by Crippen LogP contribution is -2.51. The van der Waals surface area contributed by atoms with Crippen LogP contribution in [-0.4, -0.2) is 54.3 Å². The van der Waals surface area contributed by atoms with Gasteiger partial charge in [0.1, 0.15) is 0 Å². The lowest BCUT2D eigenvalue weighted by molar-refractivity contribution is -0.134. The maximum Gasteiger partial charge on any atom is 0.242 e. The van der Waals surface area contributed by atoms with E-state index in [0.29, 0.717) is 18.1 Å². The molecule has 2 amide bonds. The van der Waals surface area contributed by atoms with Crippen LogP contribution in [0.3, 0.4) is 0 Å². The van der Waals surface area contributed by atoms with Gasteiger partial charge in [0, 0.05) is 49.4 Å². The Hall–Kier alpha value is -1.79. The van der Waals surface area contributed by atoms with Crippen molar-refractivity contribution in [2.75, 3.05) is 38.5 Å². The number of nitrogens with two attached hydrogens (primary N) is 1. The third kappa shape index (κ3) is 4.61. The summed E-state index contributed by atoms with van der Waals surface area (Å²) in [5, 5.41) is 3.54. The molecule has 1 saturated carbocycles. The van der Waals surface area contributed by atoms with Gasteiger partial charge >= 0.3 is 0 Å². The van der Waals surface area contributed by atoms with E-state index in [9.17, 15) is 9.59 Å². The lowest BCUT2D eigenvalue weighted by atomic mass is 9.97. The number of amides is 2. The molecule has 1 saturated heterocycles. The van der Waals surface area contributed by atoms with E-state index >= 15 is 0 Å². The summed E-state index contributed by atoms with van der Waals surface area (Å²) in [6, 6.07) is 5.51. The first-order chi connectivity index (χ1) is 13.4. The fourth-order valence-electron chi connectivity index (χ4n) is 4.26. The van der Waals surface area contributed by atoms with Crippen LogP contribution in [0.4, 0.5) is 5.69 Å². The first-order valence-corrected chi connectivity index (χ1v) is 10.6. The predicted octanol–water partition coefficient (Wildman–Crippen LogP) is 2.51. The molecular formula is C21H31ClN4O2. The van der Waals surface area contributed by atoms with Crippen LogP contribution in [0.15, 0.2) is 18.2 Å². The van der Waals surface area contributed by atoms with Crippen LogP contribution < -0.4 is 11.1 Å². The molecule has 0 aromatic heterocycles. The molecule has 3 N–H and O–H groups in total. The molecule has 154 valence electrons. The van der Waals surface area contributed by atoms with E-state index in [4.69, 9.17) is 17.3 Å². The van der Waals surface area contributed by atoms with E-state index in [2.05, 4.69) is 24.1 Å². The number of halogens is 1. The molecule has 0 radical (unpaired) electrons. The van der Waals surface area contributed by atoms with Gasteiger partial charge in [-0.05, 0) is 48.4 Å². The normalized spacial score (nSPS) is 21.4. The molecule has 2 fully saturated rings. The average Bonchev–Trinajstić information content (AvgIpc) is 3.45. The minimum Gasteiger partial charge on any atom is -0.398 e. The lowest BCUT2D eigenvalue weighted by Gasteiger charge is -2.35. The van der Waals surface area contributed by atoms with Gasteiger partial charge in [-0.2, -0.15) is 0 Å².